The molecule has 0 bridgehead atoms. The minimum Gasteiger partial charge on any atom is -0.336 e. The van der Waals surface area contributed by atoms with E-state index in [9.17, 15) is 4.79 Å². The molecule has 3 nitrogen and oxygen atoms in total. The van der Waals surface area contributed by atoms with E-state index in [1.807, 2.05) is 32.9 Å². The molecule has 0 saturated carbocycles. The molecule has 1 heterocycles. The predicted molar refractivity (Wildman–Crippen MR) is 61.0 cm³/mol. The van der Waals surface area contributed by atoms with Crippen LogP contribution in [0.1, 0.15) is 33.5 Å². The van der Waals surface area contributed by atoms with Gasteiger partial charge in [0.15, 0.2) is 0 Å². The summed E-state index contributed by atoms with van der Waals surface area (Å²) >= 11 is 1.46. The minimum atomic E-state index is -0.389. The lowest BCUT2D eigenvalue weighted by Crippen LogP contribution is -2.32. The van der Waals surface area contributed by atoms with Crippen molar-refractivity contribution >= 4 is 17.2 Å². The fourth-order valence-corrected chi connectivity index (χ4v) is 2.08. The number of rotatable bonds is 3. The summed E-state index contributed by atoms with van der Waals surface area (Å²) in [5.41, 5.74) is 1.12. The Kier molecular flexibility index (Phi) is 3.87. The summed E-state index contributed by atoms with van der Waals surface area (Å²) in [7, 11) is 0. The van der Waals surface area contributed by atoms with Crippen LogP contribution in [-0.2, 0) is 0 Å². The van der Waals surface area contributed by atoms with Gasteiger partial charge in [0.1, 0.15) is 6.04 Å². The topological polar surface area (TPSA) is 52.9 Å². The summed E-state index contributed by atoms with van der Waals surface area (Å²) in [5.74, 6) is -0.149. The van der Waals surface area contributed by atoms with Crippen molar-refractivity contribution in [3.8, 4) is 6.07 Å². The van der Waals surface area contributed by atoms with Crippen molar-refractivity contribution in [1.29, 1.82) is 5.26 Å². The Morgan fingerprint density at radius 1 is 1.67 bits per heavy atom. The second kappa shape index (κ2) is 4.94. The lowest BCUT2D eigenvalue weighted by atomic mass is 10.2. The standard InChI is InChI=1S/C11H14N2OS/c1-4-9(6-12)13-11(14)10-5-7(2)8(3)15-10/h5,9H,4H2,1-3H3,(H,13,14). The predicted octanol–water partition coefficient (Wildman–Crippen LogP) is 2.40. The fourth-order valence-electron chi connectivity index (χ4n) is 1.14. The summed E-state index contributed by atoms with van der Waals surface area (Å²) < 4.78 is 0. The number of nitrogens with one attached hydrogen (secondary N) is 1. The zero-order valence-corrected chi connectivity index (χ0v) is 9.94. The van der Waals surface area contributed by atoms with Crippen molar-refractivity contribution < 1.29 is 4.79 Å². The molecule has 4 heteroatoms. The van der Waals surface area contributed by atoms with Gasteiger partial charge in [-0.2, -0.15) is 5.26 Å². The molecule has 0 saturated heterocycles. The smallest absolute Gasteiger partial charge is 0.262 e. The van der Waals surface area contributed by atoms with Gasteiger partial charge >= 0.3 is 0 Å². The normalized spacial score (nSPS) is 11.9. The second-order valence-electron chi connectivity index (χ2n) is 3.41. The first kappa shape index (κ1) is 11.7. The van der Waals surface area contributed by atoms with Gasteiger partial charge in [0.25, 0.3) is 5.91 Å². The van der Waals surface area contributed by atoms with E-state index in [2.05, 4.69) is 5.32 Å². The van der Waals surface area contributed by atoms with Crippen LogP contribution >= 0.6 is 11.3 Å². The van der Waals surface area contributed by atoms with Gasteiger partial charge in [0.2, 0.25) is 0 Å². The maximum atomic E-state index is 11.7. The summed E-state index contributed by atoms with van der Waals surface area (Å²) in [6.07, 6.45) is 0.631. The van der Waals surface area contributed by atoms with E-state index in [0.717, 1.165) is 10.4 Å². The molecule has 0 aliphatic rings. The highest BCUT2D eigenvalue weighted by Crippen LogP contribution is 2.20. The molecule has 1 rings (SSSR count). The van der Waals surface area contributed by atoms with Crippen molar-refractivity contribution in [2.45, 2.75) is 33.2 Å². The minimum absolute atomic E-state index is 0.149. The van der Waals surface area contributed by atoms with Gasteiger partial charge in [-0.3, -0.25) is 4.79 Å². The highest BCUT2D eigenvalue weighted by atomic mass is 32.1. The highest BCUT2D eigenvalue weighted by molar-refractivity contribution is 7.14. The van der Waals surface area contributed by atoms with Crippen LogP contribution in [0.5, 0.6) is 0 Å². The maximum absolute atomic E-state index is 11.7. The van der Waals surface area contributed by atoms with Crippen molar-refractivity contribution in [3.63, 3.8) is 0 Å². The third kappa shape index (κ3) is 2.80. The molecular weight excluding hydrogens is 208 g/mol. The molecule has 0 fully saturated rings. The van der Waals surface area contributed by atoms with Gasteiger partial charge in [-0.1, -0.05) is 6.92 Å². The molecule has 0 aliphatic heterocycles. The van der Waals surface area contributed by atoms with Crippen molar-refractivity contribution in [2.75, 3.05) is 0 Å². The molecule has 80 valence electrons. The van der Waals surface area contributed by atoms with E-state index in [1.165, 1.54) is 11.3 Å². The van der Waals surface area contributed by atoms with Gasteiger partial charge < -0.3 is 5.32 Å². The quantitative estimate of drug-likeness (QED) is 0.853. The summed E-state index contributed by atoms with van der Waals surface area (Å²) in [4.78, 5) is 13.5. The highest BCUT2D eigenvalue weighted by Gasteiger charge is 2.13. The van der Waals surface area contributed by atoms with Crippen LogP contribution in [0.15, 0.2) is 6.07 Å². The van der Waals surface area contributed by atoms with E-state index in [1.54, 1.807) is 0 Å². The van der Waals surface area contributed by atoms with Gasteiger partial charge in [0.05, 0.1) is 10.9 Å². The average Bonchev–Trinajstić information content (AvgIpc) is 2.55. The fraction of sp³-hybridized carbons (Fsp3) is 0.455. The Labute approximate surface area is 93.7 Å². The van der Waals surface area contributed by atoms with E-state index in [-0.39, 0.29) is 11.9 Å². The average molecular weight is 222 g/mol. The molecule has 0 aliphatic carbocycles. The Morgan fingerprint density at radius 2 is 2.33 bits per heavy atom. The Morgan fingerprint density at radius 3 is 2.73 bits per heavy atom. The number of carbonyl (C=O) groups is 1. The monoisotopic (exact) mass is 222 g/mol. The number of hydrogen-bond donors (Lipinski definition) is 1. The van der Waals surface area contributed by atoms with E-state index in [4.69, 9.17) is 5.26 Å². The number of amides is 1. The van der Waals surface area contributed by atoms with Crippen molar-refractivity contribution in [2.24, 2.45) is 0 Å². The summed E-state index contributed by atoms with van der Waals surface area (Å²) in [5, 5.41) is 11.4. The third-order valence-corrected chi connectivity index (χ3v) is 3.41. The molecule has 1 aromatic rings. The van der Waals surface area contributed by atoms with E-state index in [0.29, 0.717) is 11.3 Å². The van der Waals surface area contributed by atoms with E-state index < -0.39 is 0 Å². The number of nitrogens with zero attached hydrogens (tertiary/aromatic N) is 1. The molecule has 15 heavy (non-hydrogen) atoms. The molecule has 1 aromatic heterocycles. The number of thiophene rings is 1. The first-order valence-corrected chi connectivity index (χ1v) is 5.67. The van der Waals surface area contributed by atoms with Crippen molar-refractivity contribution in [1.82, 2.24) is 5.32 Å². The van der Waals surface area contributed by atoms with Gasteiger partial charge in [-0.05, 0) is 31.9 Å². The SMILES string of the molecule is CCC(C#N)NC(=O)c1cc(C)c(C)s1. The van der Waals surface area contributed by atoms with E-state index >= 15 is 0 Å². The zero-order valence-electron chi connectivity index (χ0n) is 9.13. The van der Waals surface area contributed by atoms with Crippen LogP contribution in [0.25, 0.3) is 0 Å². The number of hydrogen-bond acceptors (Lipinski definition) is 3. The van der Waals surface area contributed by atoms with Crippen LogP contribution in [-0.4, -0.2) is 11.9 Å². The van der Waals surface area contributed by atoms with Crippen LogP contribution in [0, 0.1) is 25.2 Å². The molecule has 0 spiro atoms. The first-order chi connectivity index (χ1) is 7.08. The number of aryl methyl sites for hydroxylation is 2. The Hall–Kier alpha value is -1.34. The van der Waals surface area contributed by atoms with Gasteiger partial charge in [-0.15, -0.1) is 11.3 Å². The lowest BCUT2D eigenvalue weighted by Gasteiger charge is -2.06. The van der Waals surface area contributed by atoms with Crippen molar-refractivity contribution in [3.05, 3.63) is 21.4 Å². The molecular formula is C11H14N2OS. The second-order valence-corrected chi connectivity index (χ2v) is 4.67. The van der Waals surface area contributed by atoms with Gasteiger partial charge in [0, 0.05) is 4.88 Å². The first-order valence-electron chi connectivity index (χ1n) is 4.86. The number of nitriles is 1. The molecule has 0 aromatic carbocycles. The molecule has 1 unspecified atom stereocenters. The molecule has 1 atom stereocenters. The Bertz CT molecular complexity index is 384. The third-order valence-electron chi connectivity index (χ3n) is 2.26. The molecule has 1 N–H and O–H groups in total. The summed E-state index contributed by atoms with van der Waals surface area (Å²) in [6.45, 7) is 5.83. The van der Waals surface area contributed by atoms with Crippen LogP contribution < -0.4 is 5.32 Å². The largest absolute Gasteiger partial charge is 0.336 e. The summed E-state index contributed by atoms with van der Waals surface area (Å²) in [6, 6.07) is 3.52. The zero-order chi connectivity index (χ0) is 11.4. The lowest BCUT2D eigenvalue weighted by molar-refractivity contribution is 0.0948. The van der Waals surface area contributed by atoms with Crippen LogP contribution in [0.2, 0.25) is 0 Å². The van der Waals surface area contributed by atoms with Gasteiger partial charge in [-0.25, -0.2) is 0 Å². The Balaban J connectivity index is 2.74. The van der Waals surface area contributed by atoms with Crippen LogP contribution in [0.4, 0.5) is 0 Å². The number of carbonyl (C=O) groups excluding carboxylic acids is 1. The molecule has 0 radical (unpaired) electrons. The maximum Gasteiger partial charge on any atom is 0.262 e. The molecule has 1 amide bonds. The van der Waals surface area contributed by atoms with Crippen LogP contribution in [0.3, 0.4) is 0 Å².